The van der Waals surface area contributed by atoms with Crippen LogP contribution < -0.4 is 5.32 Å². The Hall–Kier alpha value is -3.09. The maximum absolute atomic E-state index is 12.7. The summed E-state index contributed by atoms with van der Waals surface area (Å²) in [5.74, 6) is -2.48. The summed E-state index contributed by atoms with van der Waals surface area (Å²) in [6.45, 7) is 12.1. The topological polar surface area (TPSA) is 90.9 Å². The molecule has 29 heavy (non-hydrogen) atoms. The number of nitrogens with one attached hydrogen (secondary N) is 1. The van der Waals surface area contributed by atoms with Crippen molar-refractivity contribution >= 4 is 18.0 Å². The van der Waals surface area contributed by atoms with E-state index in [1.54, 1.807) is 20.8 Å². The van der Waals surface area contributed by atoms with Crippen LogP contribution in [0.4, 0.5) is 4.79 Å². The van der Waals surface area contributed by atoms with Gasteiger partial charge in [-0.25, -0.2) is 9.59 Å². The summed E-state index contributed by atoms with van der Waals surface area (Å²) in [6.07, 6.45) is 2.11. The van der Waals surface area contributed by atoms with Crippen molar-refractivity contribution < 1.29 is 28.6 Å². The Labute approximate surface area is 171 Å². The zero-order valence-electron chi connectivity index (χ0n) is 17.2. The smallest absolute Gasteiger partial charge is 0.408 e. The van der Waals surface area contributed by atoms with E-state index in [9.17, 15) is 14.4 Å². The highest BCUT2D eigenvalue weighted by Crippen LogP contribution is 2.17. The Balaban J connectivity index is 2.98. The molecule has 1 N–H and O–H groups in total. The van der Waals surface area contributed by atoms with Crippen molar-refractivity contribution in [3.63, 3.8) is 0 Å². The Bertz CT molecular complexity index is 708. The van der Waals surface area contributed by atoms with E-state index in [1.807, 2.05) is 30.3 Å². The Morgan fingerprint density at radius 1 is 1.03 bits per heavy atom. The number of benzene rings is 1. The minimum absolute atomic E-state index is 0.0359. The van der Waals surface area contributed by atoms with Gasteiger partial charge in [0, 0.05) is 0 Å². The summed E-state index contributed by atoms with van der Waals surface area (Å²) in [5, 5.41) is 2.43. The molecule has 1 amide bonds. The molecule has 1 aromatic rings. The third kappa shape index (κ3) is 9.10. The fourth-order valence-corrected chi connectivity index (χ4v) is 2.37. The van der Waals surface area contributed by atoms with Gasteiger partial charge in [-0.05, 0) is 32.8 Å². The van der Waals surface area contributed by atoms with Crippen LogP contribution in [0.3, 0.4) is 0 Å². The van der Waals surface area contributed by atoms with Gasteiger partial charge >= 0.3 is 18.0 Å². The predicted molar refractivity (Wildman–Crippen MR) is 109 cm³/mol. The van der Waals surface area contributed by atoms with E-state index in [0.29, 0.717) is 0 Å². The van der Waals surface area contributed by atoms with Crippen LogP contribution in [0.2, 0.25) is 0 Å². The molecule has 0 heterocycles. The third-order valence-electron chi connectivity index (χ3n) is 3.62. The number of allylic oxidation sites excluding steroid dienone is 1. The van der Waals surface area contributed by atoms with Crippen molar-refractivity contribution in [2.24, 2.45) is 5.92 Å². The summed E-state index contributed by atoms with van der Waals surface area (Å²) in [7, 11) is 0. The Morgan fingerprint density at radius 3 is 2.24 bits per heavy atom. The zero-order valence-corrected chi connectivity index (χ0v) is 17.2. The minimum Gasteiger partial charge on any atom is -0.461 e. The summed E-state index contributed by atoms with van der Waals surface area (Å²) in [6, 6.07) is 7.82. The summed E-state index contributed by atoms with van der Waals surface area (Å²) < 4.78 is 15.6. The highest BCUT2D eigenvalue weighted by atomic mass is 16.6. The van der Waals surface area contributed by atoms with Crippen LogP contribution in [-0.4, -0.2) is 36.3 Å². The van der Waals surface area contributed by atoms with Gasteiger partial charge in [-0.1, -0.05) is 49.1 Å². The normalized spacial score (nSPS) is 12.8. The predicted octanol–water partition coefficient (Wildman–Crippen LogP) is 3.54. The maximum Gasteiger partial charge on any atom is 0.408 e. The number of alkyl carbamates (subject to hydrolysis) is 1. The largest absolute Gasteiger partial charge is 0.461 e. The van der Waals surface area contributed by atoms with Crippen LogP contribution in [0.25, 0.3) is 0 Å². The second-order valence-corrected chi connectivity index (χ2v) is 7.27. The lowest BCUT2D eigenvalue weighted by atomic mass is 9.96. The highest BCUT2D eigenvalue weighted by molar-refractivity contribution is 5.88. The van der Waals surface area contributed by atoms with E-state index in [-0.39, 0.29) is 19.6 Å². The molecule has 0 saturated heterocycles. The Kier molecular flexibility index (Phi) is 9.65. The van der Waals surface area contributed by atoms with Crippen molar-refractivity contribution in [2.45, 2.75) is 45.4 Å². The van der Waals surface area contributed by atoms with Crippen LogP contribution in [-0.2, 0) is 30.4 Å². The molecule has 0 aliphatic rings. The van der Waals surface area contributed by atoms with Gasteiger partial charge in [0.1, 0.15) is 24.9 Å². The molecule has 0 aromatic heterocycles. The summed E-state index contributed by atoms with van der Waals surface area (Å²) in [5.41, 5.74) is 0.0191. The van der Waals surface area contributed by atoms with E-state index >= 15 is 0 Å². The molecule has 2 atom stereocenters. The lowest BCUT2D eigenvalue weighted by Gasteiger charge is -2.26. The maximum atomic E-state index is 12.7. The first-order valence-electron chi connectivity index (χ1n) is 9.26. The van der Waals surface area contributed by atoms with Crippen LogP contribution in [0.5, 0.6) is 0 Å². The second kappa shape index (κ2) is 11.7. The fourth-order valence-electron chi connectivity index (χ4n) is 2.37. The van der Waals surface area contributed by atoms with Crippen molar-refractivity contribution in [3.8, 4) is 0 Å². The molecule has 0 aliphatic heterocycles. The lowest BCUT2D eigenvalue weighted by molar-refractivity contribution is -0.158. The van der Waals surface area contributed by atoms with Gasteiger partial charge in [0.15, 0.2) is 0 Å². The number of amides is 1. The molecule has 1 aromatic carbocycles. The molecule has 0 radical (unpaired) electrons. The minimum atomic E-state index is -1.30. The van der Waals surface area contributed by atoms with Crippen LogP contribution >= 0.6 is 0 Å². The molecule has 0 bridgehead atoms. The highest BCUT2D eigenvalue weighted by Gasteiger charge is 2.37. The number of esters is 2. The van der Waals surface area contributed by atoms with Crippen molar-refractivity contribution in [2.75, 3.05) is 6.61 Å². The van der Waals surface area contributed by atoms with E-state index < -0.39 is 35.6 Å². The molecule has 0 saturated carbocycles. The quantitative estimate of drug-likeness (QED) is 0.365. The average Bonchev–Trinajstić information content (AvgIpc) is 2.66. The molecular formula is C22H29NO6. The third-order valence-corrected chi connectivity index (χ3v) is 3.62. The number of hydrogen-bond acceptors (Lipinski definition) is 6. The molecular weight excluding hydrogens is 374 g/mol. The van der Waals surface area contributed by atoms with E-state index in [4.69, 9.17) is 14.2 Å². The molecule has 1 rings (SSSR count). The van der Waals surface area contributed by atoms with Gasteiger partial charge in [0.25, 0.3) is 0 Å². The first-order valence-corrected chi connectivity index (χ1v) is 9.26. The summed E-state index contributed by atoms with van der Waals surface area (Å²) in [4.78, 5) is 37.4. The van der Waals surface area contributed by atoms with Gasteiger partial charge in [-0.2, -0.15) is 0 Å². The first kappa shape index (κ1) is 23.9. The number of carbonyl (C=O) groups excluding carboxylic acids is 3. The van der Waals surface area contributed by atoms with Crippen LogP contribution in [0, 0.1) is 5.92 Å². The van der Waals surface area contributed by atoms with Crippen molar-refractivity contribution in [1.82, 2.24) is 5.32 Å². The zero-order chi connectivity index (χ0) is 21.9. The van der Waals surface area contributed by atoms with Gasteiger partial charge in [0.05, 0.1) is 5.92 Å². The SMILES string of the molecule is C=CCOC(=O)[C@H](NC(=O)OC(C)(C)C)[C@H](CC=C)C(=O)OCc1ccccc1. The first-order chi connectivity index (χ1) is 13.7. The average molecular weight is 403 g/mol. The van der Waals surface area contributed by atoms with Crippen LogP contribution in [0.15, 0.2) is 55.6 Å². The van der Waals surface area contributed by atoms with Crippen molar-refractivity contribution in [1.29, 1.82) is 0 Å². The van der Waals surface area contributed by atoms with Gasteiger partial charge < -0.3 is 19.5 Å². The lowest BCUT2D eigenvalue weighted by Crippen LogP contribution is -2.50. The standard InChI is InChI=1S/C22H29NO6/c1-6-11-17(19(24)28-15-16-12-9-8-10-13-16)18(20(25)27-14-7-2)23-21(26)29-22(3,4)5/h6-10,12-13,17-18H,1-2,11,14-15H2,3-5H3,(H,23,26)/t17-,18+/m0/s1. The fraction of sp³-hybridized carbons (Fsp3) is 0.409. The molecule has 7 nitrogen and oxygen atoms in total. The number of carbonyl (C=O) groups is 3. The molecule has 0 fully saturated rings. The number of rotatable bonds is 10. The van der Waals surface area contributed by atoms with Gasteiger partial charge in [-0.3, -0.25) is 4.79 Å². The second-order valence-electron chi connectivity index (χ2n) is 7.27. The molecule has 0 unspecified atom stereocenters. The Morgan fingerprint density at radius 2 is 1.69 bits per heavy atom. The van der Waals surface area contributed by atoms with Crippen LogP contribution in [0.1, 0.15) is 32.8 Å². The molecule has 158 valence electrons. The molecule has 0 aliphatic carbocycles. The number of ether oxygens (including phenoxy) is 3. The van der Waals surface area contributed by atoms with Gasteiger partial charge in [0.2, 0.25) is 0 Å². The number of hydrogen-bond donors (Lipinski definition) is 1. The van der Waals surface area contributed by atoms with E-state index in [0.717, 1.165) is 5.56 Å². The van der Waals surface area contributed by atoms with Gasteiger partial charge in [-0.15, -0.1) is 6.58 Å². The van der Waals surface area contributed by atoms with E-state index in [2.05, 4.69) is 18.5 Å². The van der Waals surface area contributed by atoms with E-state index in [1.165, 1.54) is 12.2 Å². The molecule has 0 spiro atoms. The summed E-state index contributed by atoms with van der Waals surface area (Å²) >= 11 is 0. The monoisotopic (exact) mass is 403 g/mol. The molecule has 7 heteroatoms. The van der Waals surface area contributed by atoms with Crippen molar-refractivity contribution in [3.05, 3.63) is 61.2 Å².